The number of carboxylic acids is 1. The highest BCUT2D eigenvalue weighted by Crippen LogP contribution is 2.32. The predicted molar refractivity (Wildman–Crippen MR) is 137 cm³/mol. The van der Waals surface area contributed by atoms with Crippen LogP contribution >= 0.6 is 15.9 Å². The van der Waals surface area contributed by atoms with Crippen LogP contribution in [0.1, 0.15) is 55.1 Å². The number of carboxylic acid groups (broad SMARTS) is 1. The van der Waals surface area contributed by atoms with Gasteiger partial charge in [0.1, 0.15) is 12.4 Å². The summed E-state index contributed by atoms with van der Waals surface area (Å²) in [5.74, 6) is -0.0313. The van der Waals surface area contributed by atoms with Crippen molar-refractivity contribution in [2.24, 2.45) is 5.10 Å². The first-order chi connectivity index (χ1) is 16.4. The van der Waals surface area contributed by atoms with Crippen molar-refractivity contribution in [3.05, 3.63) is 74.4 Å². The van der Waals surface area contributed by atoms with Gasteiger partial charge in [-0.15, -0.1) is 0 Å². The highest BCUT2D eigenvalue weighted by Gasteiger charge is 2.23. The van der Waals surface area contributed by atoms with Gasteiger partial charge in [0.2, 0.25) is 0 Å². The van der Waals surface area contributed by atoms with E-state index < -0.39 is 5.97 Å². The van der Waals surface area contributed by atoms with Gasteiger partial charge in [-0.1, -0.05) is 53.4 Å². The second-order valence-corrected chi connectivity index (χ2v) is 9.74. The average molecular weight is 521 g/mol. The number of halogens is 1. The number of aromatic nitrogens is 3. The Morgan fingerprint density at radius 1 is 1.18 bits per heavy atom. The molecule has 0 unspecified atom stereocenters. The lowest BCUT2D eigenvalue weighted by atomic mass is 9.88. The molecule has 0 bridgehead atoms. The highest BCUT2D eigenvalue weighted by atomic mass is 79.9. The molecule has 4 aromatic rings. The van der Waals surface area contributed by atoms with Crippen LogP contribution in [0.15, 0.2) is 56.8 Å². The Bertz CT molecular complexity index is 1500. The first kappa shape index (κ1) is 22.5. The first-order valence-electron chi connectivity index (χ1n) is 11.5. The third-order valence-electron chi connectivity index (χ3n) is 6.68. The van der Waals surface area contributed by atoms with Crippen LogP contribution in [0.4, 0.5) is 0 Å². The smallest absolute Gasteiger partial charge is 0.323 e. The van der Waals surface area contributed by atoms with Crippen LogP contribution in [0, 0.1) is 6.92 Å². The van der Waals surface area contributed by atoms with E-state index in [0.29, 0.717) is 16.7 Å². The van der Waals surface area contributed by atoms with Crippen molar-refractivity contribution in [2.75, 3.05) is 0 Å². The number of carbonyl (C=O) groups is 1. The Morgan fingerprint density at radius 2 is 1.94 bits per heavy atom. The van der Waals surface area contributed by atoms with E-state index in [9.17, 15) is 14.7 Å². The summed E-state index contributed by atoms with van der Waals surface area (Å²) in [4.78, 5) is 29.9. The number of fused-ring (bicyclic) bond motifs is 2. The summed E-state index contributed by atoms with van der Waals surface area (Å²) in [6.07, 6.45) is 7.08. The van der Waals surface area contributed by atoms with Crippen LogP contribution in [0.5, 0.6) is 0 Å². The molecule has 0 spiro atoms. The molecule has 0 atom stereocenters. The van der Waals surface area contributed by atoms with Gasteiger partial charge in [-0.3, -0.25) is 9.59 Å². The summed E-state index contributed by atoms with van der Waals surface area (Å²) in [5.41, 5.74) is 2.89. The lowest BCUT2D eigenvalue weighted by Crippen LogP contribution is -2.25. The Kier molecular flexibility index (Phi) is 6.08. The number of hydrogen-bond donors (Lipinski definition) is 1. The number of aliphatic carboxylic acids is 1. The van der Waals surface area contributed by atoms with Crippen molar-refractivity contribution in [3.8, 4) is 0 Å². The van der Waals surface area contributed by atoms with Gasteiger partial charge < -0.3 is 9.67 Å². The van der Waals surface area contributed by atoms with Crippen LogP contribution in [0.2, 0.25) is 0 Å². The second kappa shape index (κ2) is 9.18. The molecule has 2 heterocycles. The SMILES string of the molecule is Cc1c(C=Nn2c(C3CCCCC3)nc3ccc(Br)cc3c2=O)c2ccccc2n1CC(=O)O. The molecule has 1 fully saturated rings. The lowest BCUT2D eigenvalue weighted by molar-refractivity contribution is -0.137. The molecule has 1 aliphatic rings. The standard InChI is InChI=1S/C26H25BrN4O3/c1-16-21(19-9-5-6-10-23(19)30(16)15-24(32)33)14-28-31-25(17-7-3-2-4-8-17)29-22-12-11-18(27)13-20(22)26(31)34/h5-6,9-14,17H,2-4,7-8,15H2,1H3,(H,32,33). The normalized spacial score (nSPS) is 15.0. The molecule has 0 saturated heterocycles. The maximum absolute atomic E-state index is 13.6. The molecular formula is C26H25BrN4O3. The minimum Gasteiger partial charge on any atom is -0.480 e. The maximum atomic E-state index is 13.6. The lowest BCUT2D eigenvalue weighted by Gasteiger charge is -2.22. The molecular weight excluding hydrogens is 496 g/mol. The highest BCUT2D eigenvalue weighted by molar-refractivity contribution is 9.10. The van der Waals surface area contributed by atoms with Crippen LogP contribution in [0.25, 0.3) is 21.8 Å². The van der Waals surface area contributed by atoms with E-state index in [4.69, 9.17) is 4.98 Å². The van der Waals surface area contributed by atoms with Crippen molar-refractivity contribution in [3.63, 3.8) is 0 Å². The minimum atomic E-state index is -0.910. The number of benzene rings is 2. The summed E-state index contributed by atoms with van der Waals surface area (Å²) >= 11 is 3.46. The van der Waals surface area contributed by atoms with Crippen molar-refractivity contribution < 1.29 is 9.90 Å². The molecule has 5 rings (SSSR count). The molecule has 0 radical (unpaired) electrons. The summed E-state index contributed by atoms with van der Waals surface area (Å²) in [7, 11) is 0. The van der Waals surface area contributed by atoms with Crippen LogP contribution in [-0.2, 0) is 11.3 Å². The zero-order chi connectivity index (χ0) is 23.8. The molecule has 7 nitrogen and oxygen atoms in total. The van der Waals surface area contributed by atoms with Crippen LogP contribution in [-0.4, -0.2) is 31.5 Å². The zero-order valence-corrected chi connectivity index (χ0v) is 20.5. The summed E-state index contributed by atoms with van der Waals surface area (Å²) in [5, 5.41) is 15.5. The topological polar surface area (TPSA) is 89.5 Å². The number of rotatable bonds is 5. The Balaban J connectivity index is 1.69. The van der Waals surface area contributed by atoms with Gasteiger partial charge in [0.15, 0.2) is 0 Å². The molecule has 1 N–H and O–H groups in total. The van der Waals surface area contributed by atoms with Gasteiger partial charge in [-0.05, 0) is 44.0 Å². The van der Waals surface area contributed by atoms with Gasteiger partial charge in [0.25, 0.3) is 5.56 Å². The largest absolute Gasteiger partial charge is 0.480 e. The van der Waals surface area contributed by atoms with Crippen molar-refractivity contribution >= 4 is 49.9 Å². The van der Waals surface area contributed by atoms with E-state index in [-0.39, 0.29) is 18.0 Å². The maximum Gasteiger partial charge on any atom is 0.323 e. The molecule has 8 heteroatoms. The van der Waals surface area contributed by atoms with E-state index in [1.807, 2.05) is 43.3 Å². The Morgan fingerprint density at radius 3 is 2.71 bits per heavy atom. The number of para-hydroxylation sites is 1. The van der Waals surface area contributed by atoms with Gasteiger partial charge in [-0.25, -0.2) is 4.98 Å². The number of nitrogens with zero attached hydrogens (tertiary/aromatic N) is 4. The van der Waals surface area contributed by atoms with E-state index >= 15 is 0 Å². The Hall–Kier alpha value is -3.26. The van der Waals surface area contributed by atoms with Crippen molar-refractivity contribution in [2.45, 2.75) is 51.5 Å². The van der Waals surface area contributed by atoms with E-state index in [1.54, 1.807) is 16.8 Å². The summed E-state index contributed by atoms with van der Waals surface area (Å²) in [6, 6.07) is 13.2. The van der Waals surface area contributed by atoms with Gasteiger partial charge >= 0.3 is 5.97 Å². The van der Waals surface area contributed by atoms with Crippen LogP contribution in [0.3, 0.4) is 0 Å². The Labute approximate surface area is 204 Å². The van der Waals surface area contributed by atoms with E-state index in [0.717, 1.165) is 52.3 Å². The van der Waals surface area contributed by atoms with Gasteiger partial charge in [0, 0.05) is 32.6 Å². The molecule has 2 aromatic carbocycles. The quantitative estimate of drug-likeness (QED) is 0.355. The van der Waals surface area contributed by atoms with Crippen LogP contribution < -0.4 is 5.56 Å². The van der Waals surface area contributed by atoms with Crippen molar-refractivity contribution in [1.82, 2.24) is 14.2 Å². The fourth-order valence-electron chi connectivity index (χ4n) is 4.98. The monoisotopic (exact) mass is 520 g/mol. The molecule has 174 valence electrons. The zero-order valence-electron chi connectivity index (χ0n) is 18.9. The summed E-state index contributed by atoms with van der Waals surface area (Å²) < 4.78 is 4.03. The fraction of sp³-hybridized carbons (Fsp3) is 0.308. The predicted octanol–water partition coefficient (Wildman–Crippen LogP) is 5.44. The van der Waals surface area contributed by atoms with Crippen molar-refractivity contribution in [1.29, 1.82) is 0 Å². The summed E-state index contributed by atoms with van der Waals surface area (Å²) in [6.45, 7) is 1.74. The second-order valence-electron chi connectivity index (χ2n) is 8.82. The van der Waals surface area contributed by atoms with Gasteiger partial charge in [0.05, 0.1) is 17.1 Å². The van der Waals surface area contributed by atoms with E-state index in [1.165, 1.54) is 11.1 Å². The number of hydrogen-bond acceptors (Lipinski definition) is 4. The molecule has 34 heavy (non-hydrogen) atoms. The first-order valence-corrected chi connectivity index (χ1v) is 12.3. The fourth-order valence-corrected chi connectivity index (χ4v) is 5.34. The van der Waals surface area contributed by atoms with Gasteiger partial charge in [-0.2, -0.15) is 9.78 Å². The minimum absolute atomic E-state index is 0.140. The average Bonchev–Trinajstić information content (AvgIpc) is 3.09. The molecule has 2 aromatic heterocycles. The van der Waals surface area contributed by atoms with E-state index in [2.05, 4.69) is 21.0 Å². The molecule has 1 aliphatic carbocycles. The third-order valence-corrected chi connectivity index (χ3v) is 7.17. The molecule has 0 aliphatic heterocycles. The molecule has 0 amide bonds. The third kappa shape index (κ3) is 4.07. The molecule has 1 saturated carbocycles.